The number of nitrogens with one attached hydrogen (secondary N) is 1. The highest BCUT2D eigenvalue weighted by molar-refractivity contribution is 6.10. The largest absolute Gasteiger partial charge is 0.507 e. The maximum atomic E-state index is 13.6. The number of rotatable bonds is 6. The number of aliphatic hydroxyl groups excluding tert-OH is 1. The Labute approximate surface area is 595 Å². The zero-order chi connectivity index (χ0) is 69.5. The number of likely N-dealkylation sites (N-methyl/N-ethyl adjacent to an activating group) is 2. The zero-order valence-electron chi connectivity index (χ0n) is 59.9. The Balaban J connectivity index is 0.0000000999. The molecule has 102 heavy (non-hydrogen) atoms. The number of aliphatic hydroxyl groups is 3. The molecule has 1 amide bonds. The number of fused-ring (bicyclic) bond motifs is 10. The van der Waals surface area contributed by atoms with Gasteiger partial charge in [-0.3, -0.25) is 9.69 Å². The van der Waals surface area contributed by atoms with E-state index in [1.165, 1.54) is 101 Å². The molecule has 14 aliphatic rings. The van der Waals surface area contributed by atoms with Crippen LogP contribution in [0.3, 0.4) is 0 Å². The van der Waals surface area contributed by atoms with Crippen LogP contribution in [0, 0.1) is 18.8 Å². The second kappa shape index (κ2) is 21.2. The number of carbonyl (C=O) groups is 1. The quantitative estimate of drug-likeness (QED) is 0.0834. The van der Waals surface area contributed by atoms with E-state index in [2.05, 4.69) is 144 Å². The minimum atomic E-state index is -0.925. The van der Waals surface area contributed by atoms with Gasteiger partial charge in [-0.25, -0.2) is 0 Å². The number of aromatic hydroxyl groups is 3. The third-order valence-corrected chi connectivity index (χ3v) is 29.5. The summed E-state index contributed by atoms with van der Waals surface area (Å²) in [6.07, 6.45) is 13.6. The summed E-state index contributed by atoms with van der Waals surface area (Å²) in [4.78, 5) is 26.6. The monoisotopic (exact) mass is 1370 g/mol. The summed E-state index contributed by atoms with van der Waals surface area (Å²) in [7, 11) is 4.37. The van der Waals surface area contributed by atoms with Crippen LogP contribution in [0.5, 0.6) is 28.7 Å². The molecule has 10 heterocycles. The molecule has 23 rings (SSSR count). The number of hydrogen-bond acceptors (Lipinski definition) is 12. The third kappa shape index (κ3) is 7.71. The molecule has 6 aromatic carbocycles. The number of ether oxygens (including phenoxy) is 2. The molecule has 16 nitrogen and oxygen atoms in total. The number of aromatic nitrogens is 3. The summed E-state index contributed by atoms with van der Waals surface area (Å²) in [5, 5.41) is 73.9. The Morgan fingerprint density at radius 1 is 0.627 bits per heavy atom. The van der Waals surface area contributed by atoms with Crippen molar-refractivity contribution in [2.24, 2.45) is 11.8 Å². The van der Waals surface area contributed by atoms with Gasteiger partial charge in [-0.2, -0.15) is 0 Å². The van der Waals surface area contributed by atoms with E-state index in [1.807, 2.05) is 17.0 Å². The van der Waals surface area contributed by atoms with E-state index in [4.69, 9.17) is 9.47 Å². The number of hydrogen-bond donors (Lipinski definition) is 7. The van der Waals surface area contributed by atoms with Crippen molar-refractivity contribution < 1.29 is 44.9 Å². The van der Waals surface area contributed by atoms with Gasteiger partial charge in [0, 0.05) is 112 Å². The molecule has 7 aliphatic carbocycles. The number of amides is 1. The van der Waals surface area contributed by atoms with Crippen LogP contribution in [0.25, 0.3) is 32.6 Å². The number of nitrogens with zero attached hydrogens (tertiary/aromatic N) is 6. The third-order valence-electron chi connectivity index (χ3n) is 29.5. The fraction of sp³-hybridized carbons (Fsp3) is 0.500. The number of aromatic amines is 1. The Morgan fingerprint density at radius 2 is 1.25 bits per heavy atom. The summed E-state index contributed by atoms with van der Waals surface area (Å²) in [5.74, 6) is 3.17. The molecular weight excluding hydrogens is 1270 g/mol. The highest BCUT2D eigenvalue weighted by Crippen LogP contribution is 2.72. The Morgan fingerprint density at radius 3 is 1.95 bits per heavy atom. The van der Waals surface area contributed by atoms with E-state index >= 15 is 0 Å². The standard InChI is InChI=1S/C32H30N2O3.C28H39N3O3.C26H26N2O3/c35-23-9-7-20-14-24-32(36)15-22-21-8-6-18-2-1-3-19-10-12-34(27(21)25(18)19)28(22)30-31(32,26(20)29(23)37-30)11-13-33(24)16-17-4-5-17;1-15(2)31(16(3)4)27(34)25-17(5)20-12-21-23-11-18-7-8-19(14-32)26(33)24(18)28(21,9-10-30(23)6)13-22(20)29-25;1-27-11-9-25-20-15-7-8-18(29)23(20)31-24(25)22-17(13-26(25,30)19(27)12-15)16-6-2-4-14-5-3-10-28(22)21(14)16/h1-3,6-9,17,24,30,35-36H,4-5,10-16H2;7-8,15-16,21,23,29,32-33H,9-14H2,1-6H3;2,4,6-8,19,24,29-30H,3,5,9-13H2,1H3/t24-,30?,31+,32-;21-,23+,28-;19-,24?,25+,26-/m101/s1. The van der Waals surface area contributed by atoms with Crippen molar-refractivity contribution in [2.45, 2.75) is 220 Å². The minimum absolute atomic E-state index is 0.0511. The van der Waals surface area contributed by atoms with Crippen molar-refractivity contribution in [3.8, 4) is 28.7 Å². The van der Waals surface area contributed by atoms with Crippen molar-refractivity contribution in [3.63, 3.8) is 0 Å². The van der Waals surface area contributed by atoms with Crippen LogP contribution in [-0.2, 0) is 93.7 Å². The first-order chi connectivity index (χ1) is 49.2. The van der Waals surface area contributed by atoms with Gasteiger partial charge in [-0.05, 0) is 231 Å². The summed E-state index contributed by atoms with van der Waals surface area (Å²) in [5.41, 5.74) is 19.3. The molecule has 2 spiro atoms. The summed E-state index contributed by atoms with van der Waals surface area (Å²) in [6, 6.07) is 30.4. The molecule has 11 atom stereocenters. The normalized spacial score (nSPS) is 30.9. The number of phenolic OH excluding ortho intramolecular Hbond substituents is 2. The molecule has 9 aromatic rings. The predicted octanol–water partition coefficient (Wildman–Crippen LogP) is 11.7. The highest BCUT2D eigenvalue weighted by atomic mass is 16.5. The van der Waals surface area contributed by atoms with Crippen LogP contribution in [0.15, 0.2) is 84.9 Å². The van der Waals surface area contributed by atoms with Gasteiger partial charge in [0.1, 0.15) is 11.4 Å². The summed E-state index contributed by atoms with van der Waals surface area (Å²) >= 11 is 0. The number of H-pyrrole nitrogens is 1. The van der Waals surface area contributed by atoms with E-state index in [0.29, 0.717) is 41.9 Å². The lowest BCUT2D eigenvalue weighted by molar-refractivity contribution is -0.173. The van der Waals surface area contributed by atoms with E-state index in [9.17, 15) is 35.4 Å². The molecule has 2 unspecified atom stereocenters. The van der Waals surface area contributed by atoms with Crippen LogP contribution in [-0.4, -0.2) is 152 Å². The number of piperidine rings is 3. The van der Waals surface area contributed by atoms with E-state index < -0.39 is 22.0 Å². The Kier molecular flexibility index (Phi) is 13.0. The van der Waals surface area contributed by atoms with Crippen molar-refractivity contribution >= 4 is 38.5 Å². The Bertz CT molecular complexity index is 5170. The maximum Gasteiger partial charge on any atom is 0.271 e. The van der Waals surface area contributed by atoms with Gasteiger partial charge in [-0.15, -0.1) is 0 Å². The molecule has 16 heteroatoms. The average molecular weight is 1370 g/mol. The van der Waals surface area contributed by atoms with Crippen LogP contribution >= 0.6 is 0 Å². The number of aryl methyl sites for hydroxylation is 4. The van der Waals surface area contributed by atoms with Gasteiger partial charge in [0.2, 0.25) is 0 Å². The number of benzene rings is 6. The summed E-state index contributed by atoms with van der Waals surface area (Å²) in [6.45, 7) is 16.1. The van der Waals surface area contributed by atoms with Crippen LogP contribution in [0.2, 0.25) is 0 Å². The minimum Gasteiger partial charge on any atom is -0.507 e. The number of para-hydroxylation sites is 1. The smallest absolute Gasteiger partial charge is 0.271 e. The van der Waals surface area contributed by atoms with Gasteiger partial charge in [-0.1, -0.05) is 72.8 Å². The fourth-order valence-electron chi connectivity index (χ4n) is 25.1. The summed E-state index contributed by atoms with van der Waals surface area (Å²) < 4.78 is 18.6. The van der Waals surface area contributed by atoms with Crippen LogP contribution in [0.4, 0.5) is 0 Å². The zero-order valence-corrected chi connectivity index (χ0v) is 59.9. The molecule has 0 radical (unpaired) electrons. The van der Waals surface area contributed by atoms with Crippen molar-refractivity contribution in [1.82, 2.24) is 33.7 Å². The first kappa shape index (κ1) is 62.7. The van der Waals surface area contributed by atoms with Crippen molar-refractivity contribution in [3.05, 3.63) is 180 Å². The maximum absolute atomic E-state index is 13.6. The second-order valence-corrected chi connectivity index (χ2v) is 34.5. The van der Waals surface area contributed by atoms with Gasteiger partial charge >= 0.3 is 0 Å². The van der Waals surface area contributed by atoms with Gasteiger partial charge < -0.3 is 68.9 Å². The topological polar surface area (TPSA) is 196 Å². The van der Waals surface area contributed by atoms with Gasteiger partial charge in [0.05, 0.1) is 51.1 Å². The molecular formula is C86H95N7O9. The van der Waals surface area contributed by atoms with E-state index in [1.54, 1.807) is 6.07 Å². The molecule has 7 aliphatic heterocycles. The molecule has 3 aromatic heterocycles. The molecule has 6 bridgehead atoms. The first-order valence-corrected chi connectivity index (χ1v) is 38.5. The Hall–Kier alpha value is -7.83. The SMILES string of the molecule is CN1CC[C@]23c4c5ccc(O)c4OC2c2c(c4cccc6c4n2CCC6)C[C@@]3(O)[C@H]1C5.Cc1c(C(=O)N(C(C)C)C(C)C)[nH]c2c1C[C@H]1[C@H]3Cc4ccc(CO)c(O)c4[C@@]1(CCN3C)C2.Oc1ccc2c3c1OC1c4c(c5ccc6cccc7c6c5n4CC7)C[C@@]4(O)[C@@H](C2)N(CC2CC2)CC[C@]314. The van der Waals surface area contributed by atoms with Gasteiger partial charge in [0.25, 0.3) is 5.91 Å². The highest BCUT2D eigenvalue weighted by Gasteiger charge is 2.75. The van der Waals surface area contributed by atoms with Crippen molar-refractivity contribution in [1.29, 1.82) is 0 Å². The predicted molar refractivity (Wildman–Crippen MR) is 391 cm³/mol. The number of phenols is 3. The molecule has 528 valence electrons. The van der Waals surface area contributed by atoms with Crippen molar-refractivity contribution in [2.75, 3.05) is 40.3 Å². The van der Waals surface area contributed by atoms with E-state index in [0.717, 1.165) is 149 Å². The number of carbonyl (C=O) groups excluding carboxylic acids is 1. The molecule has 7 N–H and O–H groups in total. The second-order valence-electron chi connectivity index (χ2n) is 34.5. The fourth-order valence-corrected chi connectivity index (χ4v) is 25.1. The lowest BCUT2D eigenvalue weighted by Gasteiger charge is -2.63. The lowest BCUT2D eigenvalue weighted by Crippen LogP contribution is -2.74. The molecule has 1 saturated carbocycles. The van der Waals surface area contributed by atoms with Crippen LogP contribution in [0.1, 0.15) is 178 Å². The molecule has 3 saturated heterocycles. The first-order valence-electron chi connectivity index (χ1n) is 38.5. The average Bonchev–Trinajstić information content (AvgIpc) is 1.46. The van der Waals surface area contributed by atoms with Gasteiger partial charge in [0.15, 0.2) is 35.2 Å². The number of likely N-dealkylation sites (tertiary alicyclic amines) is 3. The van der Waals surface area contributed by atoms with Crippen LogP contribution < -0.4 is 9.47 Å². The van der Waals surface area contributed by atoms with E-state index in [-0.39, 0.29) is 71.6 Å². The lowest BCUT2D eigenvalue weighted by atomic mass is 9.49. The molecule has 4 fully saturated rings.